The average molecular weight is 237 g/mol. The lowest BCUT2D eigenvalue weighted by Crippen LogP contribution is -2.33. The van der Waals surface area contributed by atoms with Crippen molar-refractivity contribution in [3.63, 3.8) is 0 Å². The smallest absolute Gasteiger partial charge is 0.290 e. The van der Waals surface area contributed by atoms with Crippen molar-refractivity contribution in [1.82, 2.24) is 4.98 Å². The number of pyridine rings is 1. The van der Waals surface area contributed by atoms with Crippen LogP contribution in [0.1, 0.15) is 24.8 Å². The highest BCUT2D eigenvalue weighted by Gasteiger charge is 2.26. The van der Waals surface area contributed by atoms with Gasteiger partial charge in [-0.15, -0.1) is 0 Å². The molecule has 2 N–H and O–H groups in total. The predicted molar refractivity (Wildman–Crippen MR) is 61.9 cm³/mol. The van der Waals surface area contributed by atoms with Gasteiger partial charge in [0.2, 0.25) is 5.88 Å². The molecule has 2 unspecified atom stereocenters. The Labute approximate surface area is 98.9 Å². The molecule has 1 heterocycles. The van der Waals surface area contributed by atoms with E-state index < -0.39 is 4.92 Å². The van der Waals surface area contributed by atoms with Gasteiger partial charge in [-0.05, 0) is 26.2 Å². The van der Waals surface area contributed by atoms with Crippen LogP contribution < -0.4 is 10.5 Å². The van der Waals surface area contributed by atoms with Crippen molar-refractivity contribution in [2.24, 2.45) is 5.73 Å². The van der Waals surface area contributed by atoms with E-state index in [0.717, 1.165) is 19.3 Å². The Morgan fingerprint density at radius 2 is 2.35 bits per heavy atom. The summed E-state index contributed by atoms with van der Waals surface area (Å²) >= 11 is 0. The first-order valence-corrected chi connectivity index (χ1v) is 5.61. The summed E-state index contributed by atoms with van der Waals surface area (Å²) < 4.78 is 5.64. The van der Waals surface area contributed by atoms with E-state index in [0.29, 0.717) is 11.4 Å². The van der Waals surface area contributed by atoms with Crippen LogP contribution in [0.4, 0.5) is 5.69 Å². The van der Waals surface area contributed by atoms with E-state index in [1.807, 2.05) is 0 Å². The molecule has 1 saturated carbocycles. The minimum atomic E-state index is -0.451. The molecule has 17 heavy (non-hydrogen) atoms. The van der Waals surface area contributed by atoms with Crippen LogP contribution in [0.3, 0.4) is 0 Å². The molecule has 0 spiro atoms. The predicted octanol–water partition coefficient (Wildman–Crippen LogP) is 1.56. The third kappa shape index (κ3) is 2.52. The minimum absolute atomic E-state index is 0.00747. The van der Waals surface area contributed by atoms with Crippen LogP contribution in [-0.4, -0.2) is 22.1 Å². The largest absolute Gasteiger partial charge is 0.473 e. The van der Waals surface area contributed by atoms with Gasteiger partial charge in [0, 0.05) is 17.7 Å². The fourth-order valence-corrected chi connectivity index (χ4v) is 2.03. The SMILES string of the molecule is Cc1cc(OC2CCCC2N)ncc1[N+](=O)[O-]. The van der Waals surface area contributed by atoms with E-state index >= 15 is 0 Å². The molecule has 0 bridgehead atoms. The van der Waals surface area contributed by atoms with Gasteiger partial charge in [0.1, 0.15) is 12.3 Å². The molecule has 1 aliphatic rings. The van der Waals surface area contributed by atoms with Crippen molar-refractivity contribution >= 4 is 5.69 Å². The molecule has 2 rings (SSSR count). The zero-order chi connectivity index (χ0) is 12.4. The number of aryl methyl sites for hydroxylation is 1. The molecule has 0 saturated heterocycles. The van der Waals surface area contributed by atoms with Crippen LogP contribution in [-0.2, 0) is 0 Å². The highest BCUT2D eigenvalue weighted by molar-refractivity contribution is 5.39. The van der Waals surface area contributed by atoms with E-state index in [1.165, 1.54) is 6.20 Å². The van der Waals surface area contributed by atoms with Crippen molar-refractivity contribution in [2.75, 3.05) is 0 Å². The summed E-state index contributed by atoms with van der Waals surface area (Å²) in [7, 11) is 0. The number of aromatic nitrogens is 1. The summed E-state index contributed by atoms with van der Waals surface area (Å²) in [5.41, 5.74) is 6.44. The van der Waals surface area contributed by atoms with Crippen LogP contribution in [0, 0.1) is 17.0 Å². The van der Waals surface area contributed by atoms with Crippen molar-refractivity contribution in [3.05, 3.63) is 27.9 Å². The minimum Gasteiger partial charge on any atom is -0.473 e. The van der Waals surface area contributed by atoms with Crippen LogP contribution in [0.25, 0.3) is 0 Å². The lowest BCUT2D eigenvalue weighted by atomic mass is 10.2. The number of nitro groups is 1. The first-order valence-electron chi connectivity index (χ1n) is 5.61. The number of hydrogen-bond donors (Lipinski definition) is 1. The van der Waals surface area contributed by atoms with Crippen molar-refractivity contribution < 1.29 is 9.66 Å². The fraction of sp³-hybridized carbons (Fsp3) is 0.545. The standard InChI is InChI=1S/C11H15N3O3/c1-7-5-11(13-6-9(7)14(15)16)17-10-4-2-3-8(10)12/h5-6,8,10H,2-4,12H2,1H3. The molecule has 1 aromatic rings. The lowest BCUT2D eigenvalue weighted by molar-refractivity contribution is -0.385. The zero-order valence-corrected chi connectivity index (χ0v) is 9.63. The molecular weight excluding hydrogens is 222 g/mol. The quantitative estimate of drug-likeness (QED) is 0.636. The molecule has 0 aromatic carbocycles. The molecule has 1 aliphatic carbocycles. The van der Waals surface area contributed by atoms with Gasteiger partial charge in [-0.3, -0.25) is 10.1 Å². The van der Waals surface area contributed by atoms with Crippen LogP contribution in [0.5, 0.6) is 5.88 Å². The van der Waals surface area contributed by atoms with E-state index in [-0.39, 0.29) is 17.8 Å². The van der Waals surface area contributed by atoms with Gasteiger partial charge in [0.15, 0.2) is 0 Å². The summed E-state index contributed by atoms with van der Waals surface area (Å²) in [6.45, 7) is 1.67. The van der Waals surface area contributed by atoms with Crippen LogP contribution in [0.15, 0.2) is 12.3 Å². The van der Waals surface area contributed by atoms with Crippen LogP contribution in [0.2, 0.25) is 0 Å². The highest BCUT2D eigenvalue weighted by atomic mass is 16.6. The first kappa shape index (κ1) is 11.8. The lowest BCUT2D eigenvalue weighted by Gasteiger charge is -2.16. The maximum Gasteiger partial charge on any atom is 0.290 e. The maximum atomic E-state index is 10.6. The zero-order valence-electron chi connectivity index (χ0n) is 9.63. The van der Waals surface area contributed by atoms with Gasteiger partial charge < -0.3 is 10.5 Å². The van der Waals surface area contributed by atoms with Gasteiger partial charge in [0.05, 0.1) is 4.92 Å². The average Bonchev–Trinajstić information content (AvgIpc) is 2.64. The highest BCUT2D eigenvalue weighted by Crippen LogP contribution is 2.25. The first-order chi connectivity index (χ1) is 8.08. The molecule has 2 atom stereocenters. The summed E-state index contributed by atoms with van der Waals surface area (Å²) in [5.74, 6) is 0.412. The molecule has 0 aliphatic heterocycles. The summed E-state index contributed by atoms with van der Waals surface area (Å²) in [6, 6.07) is 1.62. The number of rotatable bonds is 3. The normalized spacial score (nSPS) is 23.6. The number of ether oxygens (including phenoxy) is 1. The van der Waals surface area contributed by atoms with Crippen molar-refractivity contribution in [1.29, 1.82) is 0 Å². The summed E-state index contributed by atoms with van der Waals surface area (Å²) in [5, 5.41) is 10.6. The Morgan fingerprint density at radius 1 is 1.59 bits per heavy atom. The molecule has 6 heteroatoms. The summed E-state index contributed by atoms with van der Waals surface area (Å²) in [6.07, 6.45) is 4.13. The number of nitrogens with zero attached hydrogens (tertiary/aromatic N) is 2. The number of nitrogens with two attached hydrogens (primary N) is 1. The molecule has 1 fully saturated rings. The van der Waals surface area contributed by atoms with Crippen molar-refractivity contribution in [2.45, 2.75) is 38.3 Å². The number of hydrogen-bond acceptors (Lipinski definition) is 5. The third-order valence-corrected chi connectivity index (χ3v) is 3.03. The van der Waals surface area contributed by atoms with E-state index in [9.17, 15) is 10.1 Å². The molecular formula is C11H15N3O3. The Hall–Kier alpha value is -1.69. The van der Waals surface area contributed by atoms with Crippen molar-refractivity contribution in [3.8, 4) is 5.88 Å². The summed E-state index contributed by atoms with van der Waals surface area (Å²) in [4.78, 5) is 14.1. The third-order valence-electron chi connectivity index (χ3n) is 3.03. The van der Waals surface area contributed by atoms with Crippen LogP contribution >= 0.6 is 0 Å². The molecule has 1 aromatic heterocycles. The fourth-order valence-electron chi connectivity index (χ4n) is 2.03. The molecule has 0 amide bonds. The maximum absolute atomic E-state index is 10.6. The second-order valence-corrected chi connectivity index (χ2v) is 4.32. The molecule has 0 radical (unpaired) electrons. The Morgan fingerprint density at radius 3 is 2.88 bits per heavy atom. The Balaban J connectivity index is 2.12. The topological polar surface area (TPSA) is 91.3 Å². The van der Waals surface area contributed by atoms with Gasteiger partial charge in [-0.25, -0.2) is 4.98 Å². The van der Waals surface area contributed by atoms with Gasteiger partial charge in [0.25, 0.3) is 5.69 Å². The van der Waals surface area contributed by atoms with E-state index in [1.54, 1.807) is 13.0 Å². The second-order valence-electron chi connectivity index (χ2n) is 4.32. The Bertz CT molecular complexity index is 436. The second kappa shape index (κ2) is 4.67. The van der Waals surface area contributed by atoms with Gasteiger partial charge in [-0.1, -0.05) is 0 Å². The molecule has 92 valence electrons. The van der Waals surface area contributed by atoms with E-state index in [2.05, 4.69) is 4.98 Å². The molecule has 6 nitrogen and oxygen atoms in total. The van der Waals surface area contributed by atoms with E-state index in [4.69, 9.17) is 10.5 Å². The van der Waals surface area contributed by atoms with Gasteiger partial charge in [-0.2, -0.15) is 0 Å². The monoisotopic (exact) mass is 237 g/mol. The Kier molecular flexibility index (Phi) is 3.23. The van der Waals surface area contributed by atoms with Gasteiger partial charge >= 0.3 is 0 Å².